The van der Waals surface area contributed by atoms with Gasteiger partial charge in [0.25, 0.3) is 5.91 Å². The number of alkyl halides is 1. The Morgan fingerprint density at radius 1 is 0.966 bits per heavy atom. The Hall–Kier alpha value is -1.50. The van der Waals surface area contributed by atoms with Crippen LogP contribution in [0.15, 0.2) is 30.3 Å². The lowest BCUT2D eigenvalue weighted by molar-refractivity contribution is 0.0919. The van der Waals surface area contributed by atoms with Crippen molar-refractivity contribution >= 4 is 17.5 Å². The predicted octanol–water partition coefficient (Wildman–Crippen LogP) is 6.09. The van der Waals surface area contributed by atoms with Gasteiger partial charge in [-0.25, -0.2) is 0 Å². The Kier molecular flexibility index (Phi) is 15.3. The highest BCUT2D eigenvalue weighted by Crippen LogP contribution is 2.12. The Balaban J connectivity index is 2.12. The molecule has 0 saturated carbocycles. The van der Waals surface area contributed by atoms with Gasteiger partial charge >= 0.3 is 0 Å². The SMILES string of the molecule is CCCCCCCCCCCCCC#CC(Cl)[C@H](CO)NC(=O)c1ccccc1. The lowest BCUT2D eigenvalue weighted by Gasteiger charge is -2.17. The number of aliphatic hydroxyl groups excluding tert-OH is 1. The van der Waals surface area contributed by atoms with Crippen molar-refractivity contribution in [3.63, 3.8) is 0 Å². The van der Waals surface area contributed by atoms with Gasteiger partial charge in [-0.05, 0) is 18.6 Å². The van der Waals surface area contributed by atoms with Gasteiger partial charge in [-0.15, -0.1) is 17.5 Å². The summed E-state index contributed by atoms with van der Waals surface area (Å²) in [7, 11) is 0. The van der Waals surface area contributed by atoms with Crippen LogP contribution in [0.3, 0.4) is 0 Å². The summed E-state index contributed by atoms with van der Waals surface area (Å²) in [5, 5.41) is 11.7. The number of benzene rings is 1. The van der Waals surface area contributed by atoms with E-state index in [2.05, 4.69) is 24.1 Å². The summed E-state index contributed by atoms with van der Waals surface area (Å²) in [5.41, 5.74) is 0.545. The first-order chi connectivity index (χ1) is 14.2. The average molecular weight is 420 g/mol. The number of carbonyl (C=O) groups is 1. The molecule has 0 bridgehead atoms. The molecule has 1 rings (SSSR count). The highest BCUT2D eigenvalue weighted by Gasteiger charge is 2.19. The molecule has 0 fully saturated rings. The smallest absolute Gasteiger partial charge is 0.251 e. The minimum atomic E-state index is -0.597. The quantitative estimate of drug-likeness (QED) is 0.205. The van der Waals surface area contributed by atoms with Gasteiger partial charge in [0.1, 0.15) is 5.38 Å². The lowest BCUT2D eigenvalue weighted by Crippen LogP contribution is -2.43. The van der Waals surface area contributed by atoms with Crippen molar-refractivity contribution in [3.05, 3.63) is 35.9 Å². The van der Waals surface area contributed by atoms with Crippen molar-refractivity contribution in [1.29, 1.82) is 0 Å². The van der Waals surface area contributed by atoms with Crippen LogP contribution in [0.25, 0.3) is 0 Å². The summed E-state index contributed by atoms with van der Waals surface area (Å²) >= 11 is 6.27. The predicted molar refractivity (Wildman–Crippen MR) is 123 cm³/mol. The summed E-state index contributed by atoms with van der Waals surface area (Å²) in [4.78, 5) is 12.2. The molecule has 1 aromatic rings. The molecule has 0 aromatic heterocycles. The van der Waals surface area contributed by atoms with Crippen LogP contribution in [0.5, 0.6) is 0 Å². The van der Waals surface area contributed by atoms with Crippen LogP contribution in [0, 0.1) is 11.8 Å². The van der Waals surface area contributed by atoms with Crippen molar-refractivity contribution in [3.8, 4) is 11.8 Å². The number of halogens is 1. The number of hydrogen-bond acceptors (Lipinski definition) is 2. The molecule has 2 atom stereocenters. The lowest BCUT2D eigenvalue weighted by atomic mass is 10.1. The number of unbranched alkanes of at least 4 members (excludes halogenated alkanes) is 11. The molecule has 29 heavy (non-hydrogen) atoms. The molecule has 0 aliphatic carbocycles. The van der Waals surface area contributed by atoms with E-state index in [1.807, 2.05) is 6.07 Å². The van der Waals surface area contributed by atoms with E-state index in [1.165, 1.54) is 64.2 Å². The number of hydrogen-bond donors (Lipinski definition) is 2. The molecule has 1 unspecified atom stereocenters. The van der Waals surface area contributed by atoms with Gasteiger partial charge in [0.2, 0.25) is 0 Å². The molecule has 0 radical (unpaired) electrons. The van der Waals surface area contributed by atoms with E-state index in [0.717, 1.165) is 12.8 Å². The normalized spacial score (nSPS) is 12.7. The fraction of sp³-hybridized carbons (Fsp3) is 0.640. The molecule has 1 amide bonds. The Morgan fingerprint density at radius 2 is 1.52 bits per heavy atom. The third-order valence-corrected chi connectivity index (χ3v) is 5.46. The first kappa shape index (κ1) is 25.5. The zero-order valence-electron chi connectivity index (χ0n) is 18.0. The summed E-state index contributed by atoms with van der Waals surface area (Å²) < 4.78 is 0. The molecular formula is C25H38ClNO2. The maximum absolute atomic E-state index is 12.2. The highest BCUT2D eigenvalue weighted by atomic mass is 35.5. The molecule has 4 heteroatoms. The summed E-state index contributed by atoms with van der Waals surface area (Å²) in [6.07, 6.45) is 15.3. The second-order valence-electron chi connectivity index (χ2n) is 7.64. The van der Waals surface area contributed by atoms with Gasteiger partial charge in [0, 0.05) is 12.0 Å². The molecule has 2 N–H and O–H groups in total. The Morgan fingerprint density at radius 3 is 2.07 bits per heavy atom. The molecule has 3 nitrogen and oxygen atoms in total. The number of rotatable bonds is 15. The fourth-order valence-corrected chi connectivity index (χ4v) is 3.42. The summed E-state index contributed by atoms with van der Waals surface area (Å²) in [6.45, 7) is 2.02. The molecule has 0 spiro atoms. The second-order valence-corrected chi connectivity index (χ2v) is 8.11. The van der Waals surface area contributed by atoms with Crippen molar-refractivity contribution in [2.45, 2.75) is 95.4 Å². The first-order valence-electron chi connectivity index (χ1n) is 11.3. The number of nitrogens with one attached hydrogen (secondary N) is 1. The zero-order valence-corrected chi connectivity index (χ0v) is 18.7. The topological polar surface area (TPSA) is 49.3 Å². The molecule has 0 saturated heterocycles. The minimum absolute atomic E-state index is 0.236. The van der Waals surface area contributed by atoms with Gasteiger partial charge in [-0.2, -0.15) is 0 Å². The number of aliphatic hydroxyl groups is 1. The van der Waals surface area contributed by atoms with Gasteiger partial charge in [0.15, 0.2) is 0 Å². The monoisotopic (exact) mass is 419 g/mol. The summed E-state index contributed by atoms with van der Waals surface area (Å²) in [6, 6.07) is 8.33. The van der Waals surface area contributed by atoms with Crippen LogP contribution in [-0.4, -0.2) is 29.0 Å². The van der Waals surface area contributed by atoms with Crippen LogP contribution in [0.1, 0.15) is 94.3 Å². The van der Waals surface area contributed by atoms with E-state index in [4.69, 9.17) is 11.6 Å². The Labute approximate surface area is 182 Å². The van der Waals surface area contributed by atoms with E-state index in [9.17, 15) is 9.90 Å². The van der Waals surface area contributed by atoms with Gasteiger partial charge in [-0.3, -0.25) is 4.79 Å². The summed E-state index contributed by atoms with van der Waals surface area (Å²) in [5.74, 6) is 5.82. The van der Waals surface area contributed by atoms with Crippen LogP contribution < -0.4 is 5.32 Å². The maximum atomic E-state index is 12.2. The van der Waals surface area contributed by atoms with Crippen LogP contribution in [0.4, 0.5) is 0 Å². The molecular weight excluding hydrogens is 382 g/mol. The van der Waals surface area contributed by atoms with Crippen molar-refractivity contribution in [2.24, 2.45) is 0 Å². The van der Waals surface area contributed by atoms with Gasteiger partial charge < -0.3 is 10.4 Å². The maximum Gasteiger partial charge on any atom is 0.251 e. The average Bonchev–Trinajstić information content (AvgIpc) is 2.75. The molecule has 0 aliphatic rings. The van der Waals surface area contributed by atoms with E-state index >= 15 is 0 Å². The largest absolute Gasteiger partial charge is 0.394 e. The number of amides is 1. The van der Waals surface area contributed by atoms with E-state index in [-0.39, 0.29) is 12.5 Å². The zero-order chi connectivity index (χ0) is 21.2. The molecule has 0 heterocycles. The van der Waals surface area contributed by atoms with Crippen molar-refractivity contribution < 1.29 is 9.90 Å². The van der Waals surface area contributed by atoms with Crippen molar-refractivity contribution in [1.82, 2.24) is 5.32 Å². The first-order valence-corrected chi connectivity index (χ1v) is 11.7. The van der Waals surface area contributed by atoms with Crippen LogP contribution in [0.2, 0.25) is 0 Å². The third-order valence-electron chi connectivity index (χ3n) is 5.05. The van der Waals surface area contributed by atoms with Gasteiger partial charge in [-0.1, -0.05) is 95.3 Å². The molecule has 162 valence electrons. The number of carbonyl (C=O) groups excluding carboxylic acids is 1. The van der Waals surface area contributed by atoms with E-state index in [0.29, 0.717) is 5.56 Å². The van der Waals surface area contributed by atoms with Gasteiger partial charge in [0.05, 0.1) is 12.6 Å². The van der Waals surface area contributed by atoms with Crippen LogP contribution >= 0.6 is 11.6 Å². The molecule has 0 aliphatic heterocycles. The van der Waals surface area contributed by atoms with Crippen molar-refractivity contribution in [2.75, 3.05) is 6.61 Å². The third kappa shape index (κ3) is 12.6. The Bertz CT molecular complexity index is 594. The standard InChI is InChI=1S/C25H38ClNO2/c1-2-3-4-5-6-7-8-9-10-11-12-13-17-20-23(26)24(21-28)27-25(29)22-18-15-14-16-19-22/h14-16,18-19,23-24,28H,2-13,21H2,1H3,(H,27,29)/t23?,24-/m0/s1. The fourth-order valence-electron chi connectivity index (χ4n) is 3.20. The molecule has 1 aromatic carbocycles. The van der Waals surface area contributed by atoms with E-state index in [1.54, 1.807) is 24.3 Å². The minimum Gasteiger partial charge on any atom is -0.394 e. The highest BCUT2D eigenvalue weighted by molar-refractivity contribution is 6.23. The van der Waals surface area contributed by atoms with E-state index < -0.39 is 11.4 Å². The second kappa shape index (κ2) is 17.4. The van der Waals surface area contributed by atoms with Crippen LogP contribution in [-0.2, 0) is 0 Å².